The fourth-order valence-electron chi connectivity index (χ4n) is 2.52. The van der Waals surface area contributed by atoms with Crippen LogP contribution in [0.3, 0.4) is 0 Å². The standard InChI is InChI=1S/C19H20ClN3O4S/c1-10-12(6-5-7-15(10)23(26)27)17(25)22-18(28)21-14-9-11(19(2,3)4)8-13(20)16(14)24/h5-9,24H,1-4H3,(H2,21,22,25,28). The number of thiocarbonyl (C=S) groups is 1. The zero-order chi connectivity index (χ0) is 21.2. The molecule has 9 heteroatoms. The maximum absolute atomic E-state index is 12.5. The number of amides is 1. The smallest absolute Gasteiger partial charge is 0.273 e. The van der Waals surface area contributed by atoms with Gasteiger partial charge in [-0.2, -0.15) is 0 Å². The number of carbonyl (C=O) groups excluding carboxylic acids is 1. The molecule has 0 bridgehead atoms. The number of nitro benzene ring substituents is 1. The zero-order valence-corrected chi connectivity index (χ0v) is 17.4. The molecule has 0 fully saturated rings. The lowest BCUT2D eigenvalue weighted by Gasteiger charge is -2.21. The highest BCUT2D eigenvalue weighted by Crippen LogP contribution is 2.37. The van der Waals surface area contributed by atoms with E-state index in [0.717, 1.165) is 5.56 Å². The van der Waals surface area contributed by atoms with E-state index in [9.17, 15) is 20.0 Å². The molecule has 0 heterocycles. The van der Waals surface area contributed by atoms with Crippen LogP contribution in [0.25, 0.3) is 0 Å². The lowest BCUT2D eigenvalue weighted by molar-refractivity contribution is -0.385. The number of hydrogen-bond donors (Lipinski definition) is 3. The minimum Gasteiger partial charge on any atom is -0.504 e. The van der Waals surface area contributed by atoms with E-state index in [-0.39, 0.29) is 43.8 Å². The Hall–Kier alpha value is -2.71. The molecular formula is C19H20ClN3O4S. The molecule has 7 nitrogen and oxygen atoms in total. The van der Waals surface area contributed by atoms with Gasteiger partial charge in [-0.15, -0.1) is 0 Å². The molecule has 0 aliphatic heterocycles. The first-order valence-corrected chi connectivity index (χ1v) is 9.09. The van der Waals surface area contributed by atoms with Crippen molar-refractivity contribution >= 4 is 46.2 Å². The van der Waals surface area contributed by atoms with Crippen LogP contribution < -0.4 is 10.6 Å². The van der Waals surface area contributed by atoms with Gasteiger partial charge < -0.3 is 10.4 Å². The second-order valence-electron chi connectivity index (χ2n) is 7.22. The van der Waals surface area contributed by atoms with Crippen LogP contribution in [-0.4, -0.2) is 21.0 Å². The molecule has 2 aromatic carbocycles. The lowest BCUT2D eigenvalue weighted by atomic mass is 9.87. The summed E-state index contributed by atoms with van der Waals surface area (Å²) < 4.78 is 0. The van der Waals surface area contributed by atoms with Crippen LogP contribution in [0.1, 0.15) is 42.3 Å². The summed E-state index contributed by atoms with van der Waals surface area (Å²) in [6, 6.07) is 7.57. The summed E-state index contributed by atoms with van der Waals surface area (Å²) in [5.41, 5.74) is 1.09. The highest BCUT2D eigenvalue weighted by atomic mass is 35.5. The summed E-state index contributed by atoms with van der Waals surface area (Å²) in [4.78, 5) is 23.0. The maximum atomic E-state index is 12.5. The van der Waals surface area contributed by atoms with Crippen molar-refractivity contribution in [1.82, 2.24) is 5.32 Å². The average Bonchev–Trinajstić information content (AvgIpc) is 2.57. The van der Waals surface area contributed by atoms with Gasteiger partial charge in [0.05, 0.1) is 15.6 Å². The highest BCUT2D eigenvalue weighted by molar-refractivity contribution is 7.80. The molecule has 1 amide bonds. The monoisotopic (exact) mass is 421 g/mol. The Morgan fingerprint density at radius 2 is 1.93 bits per heavy atom. The van der Waals surface area contributed by atoms with Gasteiger partial charge >= 0.3 is 0 Å². The van der Waals surface area contributed by atoms with Gasteiger partial charge in [0.25, 0.3) is 11.6 Å². The number of phenols is 1. The zero-order valence-electron chi connectivity index (χ0n) is 15.8. The molecule has 2 aromatic rings. The number of anilines is 1. The molecule has 0 aromatic heterocycles. The van der Waals surface area contributed by atoms with Gasteiger partial charge in [0.1, 0.15) is 0 Å². The first-order chi connectivity index (χ1) is 12.9. The normalized spacial score (nSPS) is 11.0. The second kappa shape index (κ2) is 8.12. The van der Waals surface area contributed by atoms with E-state index in [1.165, 1.54) is 25.1 Å². The van der Waals surface area contributed by atoms with Crippen LogP contribution in [0.5, 0.6) is 5.75 Å². The van der Waals surface area contributed by atoms with E-state index in [0.29, 0.717) is 0 Å². The van der Waals surface area contributed by atoms with Crippen LogP contribution in [0.4, 0.5) is 11.4 Å². The van der Waals surface area contributed by atoms with Crippen molar-refractivity contribution in [3.63, 3.8) is 0 Å². The fraction of sp³-hybridized carbons (Fsp3) is 0.263. The van der Waals surface area contributed by atoms with Gasteiger partial charge in [-0.3, -0.25) is 20.2 Å². The molecule has 0 atom stereocenters. The van der Waals surface area contributed by atoms with Crippen molar-refractivity contribution in [2.75, 3.05) is 5.32 Å². The lowest BCUT2D eigenvalue weighted by Crippen LogP contribution is -2.34. The van der Waals surface area contributed by atoms with Crippen LogP contribution in [0.2, 0.25) is 5.02 Å². The van der Waals surface area contributed by atoms with Crippen molar-refractivity contribution in [2.24, 2.45) is 0 Å². The number of carbonyl (C=O) groups is 1. The third kappa shape index (κ3) is 4.76. The molecular weight excluding hydrogens is 402 g/mol. The third-order valence-electron chi connectivity index (χ3n) is 4.15. The van der Waals surface area contributed by atoms with Gasteiger partial charge in [-0.05, 0) is 48.3 Å². The SMILES string of the molecule is Cc1c(C(=O)NC(=S)Nc2cc(C(C)(C)C)cc(Cl)c2O)cccc1[N+](=O)[O-]. The predicted octanol–water partition coefficient (Wildman–Crippen LogP) is 4.69. The van der Waals surface area contributed by atoms with Crippen molar-refractivity contribution in [3.8, 4) is 5.75 Å². The van der Waals surface area contributed by atoms with Crippen molar-refractivity contribution in [1.29, 1.82) is 0 Å². The number of nitrogens with zero attached hydrogens (tertiary/aromatic N) is 1. The number of nitrogens with one attached hydrogen (secondary N) is 2. The Bertz CT molecular complexity index is 970. The number of nitro groups is 1. The summed E-state index contributed by atoms with van der Waals surface area (Å²) in [5, 5.41) is 26.5. The first kappa shape index (κ1) is 21.6. The molecule has 2 rings (SSSR count). The maximum Gasteiger partial charge on any atom is 0.273 e. The summed E-state index contributed by atoms with van der Waals surface area (Å²) in [6.45, 7) is 7.46. The van der Waals surface area contributed by atoms with Crippen LogP contribution >= 0.6 is 23.8 Å². The number of aromatic hydroxyl groups is 1. The molecule has 28 heavy (non-hydrogen) atoms. The largest absolute Gasteiger partial charge is 0.504 e. The molecule has 0 unspecified atom stereocenters. The Kier molecular flexibility index (Phi) is 6.26. The van der Waals surface area contributed by atoms with Crippen molar-refractivity contribution in [2.45, 2.75) is 33.1 Å². The number of benzene rings is 2. The average molecular weight is 422 g/mol. The molecule has 0 saturated heterocycles. The molecule has 3 N–H and O–H groups in total. The van der Waals surface area contributed by atoms with E-state index in [2.05, 4.69) is 10.6 Å². The van der Waals surface area contributed by atoms with Crippen LogP contribution in [-0.2, 0) is 5.41 Å². The number of hydrogen-bond acceptors (Lipinski definition) is 5. The fourth-order valence-corrected chi connectivity index (χ4v) is 2.94. The van der Waals surface area contributed by atoms with Gasteiger partial charge in [-0.1, -0.05) is 38.4 Å². The van der Waals surface area contributed by atoms with Crippen LogP contribution in [0, 0.1) is 17.0 Å². The first-order valence-electron chi connectivity index (χ1n) is 8.31. The Balaban J connectivity index is 2.24. The number of phenolic OH excluding ortho intramolecular Hbond substituents is 1. The molecule has 0 saturated carbocycles. The second-order valence-corrected chi connectivity index (χ2v) is 8.03. The summed E-state index contributed by atoms with van der Waals surface area (Å²) >= 11 is 11.2. The van der Waals surface area contributed by atoms with Gasteiger partial charge in [0.2, 0.25) is 0 Å². The number of rotatable bonds is 3. The molecule has 148 valence electrons. The van der Waals surface area contributed by atoms with E-state index < -0.39 is 10.8 Å². The van der Waals surface area contributed by atoms with Gasteiger partial charge in [0, 0.05) is 17.2 Å². The molecule has 0 aliphatic rings. The summed E-state index contributed by atoms with van der Waals surface area (Å²) in [6.07, 6.45) is 0. The Morgan fingerprint density at radius 1 is 1.29 bits per heavy atom. The van der Waals surface area contributed by atoms with E-state index >= 15 is 0 Å². The van der Waals surface area contributed by atoms with Gasteiger partial charge in [-0.25, -0.2) is 0 Å². The van der Waals surface area contributed by atoms with Crippen molar-refractivity contribution < 1.29 is 14.8 Å². The molecule has 0 radical (unpaired) electrons. The predicted molar refractivity (Wildman–Crippen MR) is 113 cm³/mol. The van der Waals surface area contributed by atoms with Gasteiger partial charge in [0.15, 0.2) is 10.9 Å². The third-order valence-corrected chi connectivity index (χ3v) is 4.64. The quantitative estimate of drug-likeness (QED) is 0.287. The van der Waals surface area contributed by atoms with E-state index in [4.69, 9.17) is 23.8 Å². The van der Waals surface area contributed by atoms with Crippen LogP contribution in [0.15, 0.2) is 30.3 Å². The minimum atomic E-state index is -0.601. The summed E-state index contributed by atoms with van der Waals surface area (Å²) in [5.74, 6) is -0.797. The molecule has 0 aliphatic carbocycles. The van der Waals surface area contributed by atoms with Crippen molar-refractivity contribution in [3.05, 3.63) is 62.2 Å². The Morgan fingerprint density at radius 3 is 2.50 bits per heavy atom. The topological polar surface area (TPSA) is 104 Å². The number of halogens is 1. The van der Waals surface area contributed by atoms with E-state index in [1.807, 2.05) is 20.8 Å². The Labute approximate surface area is 172 Å². The summed E-state index contributed by atoms with van der Waals surface area (Å²) in [7, 11) is 0. The highest BCUT2D eigenvalue weighted by Gasteiger charge is 2.21. The minimum absolute atomic E-state index is 0.0756. The van der Waals surface area contributed by atoms with E-state index in [1.54, 1.807) is 12.1 Å². The molecule has 0 spiro atoms.